The molecule has 3 heterocycles. The van der Waals surface area contributed by atoms with Crippen LogP contribution < -0.4 is 5.32 Å². The van der Waals surface area contributed by atoms with Gasteiger partial charge in [0.15, 0.2) is 4.96 Å². The fourth-order valence-electron chi connectivity index (χ4n) is 2.62. The number of amides is 2. The molecule has 1 aliphatic heterocycles. The number of carbonyl (C=O) groups is 2. The molecule has 0 unspecified atom stereocenters. The van der Waals surface area contributed by atoms with Gasteiger partial charge in [-0.15, -0.1) is 11.3 Å². The Morgan fingerprint density at radius 2 is 2.12 bits per heavy atom. The topological polar surface area (TPSA) is 66.7 Å². The van der Waals surface area contributed by atoms with Crippen LogP contribution in [0.5, 0.6) is 0 Å². The maximum Gasteiger partial charge on any atom is 0.282 e. The van der Waals surface area contributed by atoms with Crippen LogP contribution in [-0.2, 0) is 4.79 Å². The lowest BCUT2D eigenvalue weighted by Gasteiger charge is -2.14. The summed E-state index contributed by atoms with van der Waals surface area (Å²) in [4.78, 5) is 31.1. The Morgan fingerprint density at radius 3 is 2.88 bits per heavy atom. The molecule has 1 N–H and O–H groups in total. The first kappa shape index (κ1) is 15.2. The average molecular weight is 358 g/mol. The van der Waals surface area contributed by atoms with Crippen LogP contribution in [0.15, 0.2) is 41.9 Å². The molecule has 1 aliphatic rings. The number of aromatic nitrogens is 2. The first-order valence-electron chi connectivity index (χ1n) is 7.45. The lowest BCUT2D eigenvalue weighted by atomic mass is 10.1. The molecule has 2 aromatic heterocycles. The molecule has 4 rings (SSSR count). The van der Waals surface area contributed by atoms with Crippen molar-refractivity contribution in [1.82, 2.24) is 14.3 Å². The van der Waals surface area contributed by atoms with E-state index in [0.29, 0.717) is 12.4 Å². The highest BCUT2D eigenvalue weighted by molar-refractivity contribution is 8.13. The summed E-state index contributed by atoms with van der Waals surface area (Å²) in [6.07, 6.45) is 1.88. The van der Waals surface area contributed by atoms with Crippen molar-refractivity contribution < 1.29 is 9.59 Å². The van der Waals surface area contributed by atoms with E-state index < -0.39 is 0 Å². The Morgan fingerprint density at radius 1 is 1.29 bits per heavy atom. The molecule has 1 aromatic carbocycles. The Bertz CT molecular complexity index is 903. The molecule has 0 aliphatic carbocycles. The highest BCUT2D eigenvalue weighted by atomic mass is 32.2. The molecule has 2 amide bonds. The van der Waals surface area contributed by atoms with Crippen molar-refractivity contribution in [1.29, 1.82) is 0 Å². The molecule has 122 valence electrons. The quantitative estimate of drug-likeness (QED) is 0.778. The molecule has 1 fully saturated rings. The van der Waals surface area contributed by atoms with Gasteiger partial charge in [-0.2, -0.15) is 0 Å². The van der Waals surface area contributed by atoms with E-state index in [4.69, 9.17) is 0 Å². The summed E-state index contributed by atoms with van der Waals surface area (Å²) in [7, 11) is 0. The number of anilines is 1. The van der Waals surface area contributed by atoms with Gasteiger partial charge >= 0.3 is 0 Å². The van der Waals surface area contributed by atoms with Gasteiger partial charge in [-0.1, -0.05) is 42.1 Å². The molecule has 24 heavy (non-hydrogen) atoms. The number of carbonyl (C=O) groups excluding carboxylic acids is 2. The highest BCUT2D eigenvalue weighted by Crippen LogP contribution is 2.30. The fraction of sp³-hybridized carbons (Fsp3) is 0.188. The predicted molar refractivity (Wildman–Crippen MR) is 96.6 cm³/mol. The Balaban J connectivity index is 1.64. The number of fused-ring (bicyclic) bond motifs is 1. The summed E-state index contributed by atoms with van der Waals surface area (Å²) in [6.45, 7) is 0.681. The molecular weight excluding hydrogens is 344 g/mol. The zero-order chi connectivity index (χ0) is 16.5. The van der Waals surface area contributed by atoms with Gasteiger partial charge in [0.25, 0.3) is 5.24 Å². The van der Waals surface area contributed by atoms with Gasteiger partial charge in [-0.25, -0.2) is 4.98 Å². The van der Waals surface area contributed by atoms with Crippen LogP contribution in [0, 0.1) is 0 Å². The molecule has 3 aromatic rings. The zero-order valence-corrected chi connectivity index (χ0v) is 14.3. The lowest BCUT2D eigenvalue weighted by molar-refractivity contribution is -0.116. The SMILES string of the molecule is O=C(CN1CCSC1=O)Nc1c(-c2ccccc2)nc2sccn12. The van der Waals surface area contributed by atoms with Gasteiger partial charge in [0, 0.05) is 29.4 Å². The van der Waals surface area contributed by atoms with Crippen LogP contribution in [0.3, 0.4) is 0 Å². The Kier molecular flexibility index (Phi) is 3.99. The second kappa shape index (κ2) is 6.29. The monoisotopic (exact) mass is 358 g/mol. The van der Waals surface area contributed by atoms with Crippen LogP contribution in [0.25, 0.3) is 16.2 Å². The van der Waals surface area contributed by atoms with Crippen molar-refractivity contribution in [2.75, 3.05) is 24.2 Å². The van der Waals surface area contributed by atoms with Gasteiger partial charge in [0.1, 0.15) is 18.1 Å². The van der Waals surface area contributed by atoms with Crippen LogP contribution in [0.4, 0.5) is 10.6 Å². The first-order valence-corrected chi connectivity index (χ1v) is 9.31. The third-order valence-electron chi connectivity index (χ3n) is 3.75. The van der Waals surface area contributed by atoms with E-state index >= 15 is 0 Å². The summed E-state index contributed by atoms with van der Waals surface area (Å²) in [5.74, 6) is 1.17. The van der Waals surface area contributed by atoms with E-state index in [9.17, 15) is 9.59 Å². The number of benzene rings is 1. The van der Waals surface area contributed by atoms with Gasteiger partial charge in [0.05, 0.1) is 0 Å². The smallest absolute Gasteiger partial charge is 0.282 e. The van der Waals surface area contributed by atoms with Gasteiger partial charge in [-0.3, -0.25) is 14.0 Å². The van der Waals surface area contributed by atoms with E-state index in [1.165, 1.54) is 23.1 Å². The summed E-state index contributed by atoms with van der Waals surface area (Å²) in [6, 6.07) is 9.74. The maximum absolute atomic E-state index is 12.4. The van der Waals surface area contributed by atoms with E-state index in [1.54, 1.807) is 4.90 Å². The minimum atomic E-state index is -0.212. The Labute approximate surface area is 146 Å². The number of imidazole rings is 1. The van der Waals surface area contributed by atoms with E-state index in [2.05, 4.69) is 10.3 Å². The molecule has 8 heteroatoms. The first-order chi connectivity index (χ1) is 11.7. The molecule has 0 spiro atoms. The summed E-state index contributed by atoms with van der Waals surface area (Å²) >= 11 is 2.76. The number of rotatable bonds is 4. The van der Waals surface area contributed by atoms with Crippen LogP contribution >= 0.6 is 23.1 Å². The largest absolute Gasteiger partial charge is 0.323 e. The van der Waals surface area contributed by atoms with Gasteiger partial charge in [-0.05, 0) is 0 Å². The van der Waals surface area contributed by atoms with Crippen LogP contribution in [0.1, 0.15) is 0 Å². The lowest BCUT2D eigenvalue weighted by Crippen LogP contribution is -2.33. The number of hydrogen-bond donors (Lipinski definition) is 1. The van der Waals surface area contributed by atoms with Crippen molar-refractivity contribution in [2.45, 2.75) is 0 Å². The van der Waals surface area contributed by atoms with Crippen LogP contribution in [-0.4, -0.2) is 44.3 Å². The van der Waals surface area contributed by atoms with Crippen molar-refractivity contribution in [3.8, 4) is 11.3 Å². The van der Waals surface area contributed by atoms with E-state index in [1.807, 2.05) is 46.3 Å². The second-order valence-electron chi connectivity index (χ2n) is 5.31. The third kappa shape index (κ3) is 2.78. The van der Waals surface area contributed by atoms with Crippen molar-refractivity contribution in [3.63, 3.8) is 0 Å². The normalized spacial score (nSPS) is 14.5. The third-order valence-corrected chi connectivity index (χ3v) is 5.40. The Hall–Kier alpha value is -2.32. The molecule has 0 atom stereocenters. The summed E-state index contributed by atoms with van der Waals surface area (Å²) in [5, 5.41) is 4.82. The molecule has 0 bridgehead atoms. The maximum atomic E-state index is 12.4. The number of thioether (sulfide) groups is 1. The number of thiazole rings is 1. The number of hydrogen-bond acceptors (Lipinski definition) is 5. The number of nitrogens with one attached hydrogen (secondary N) is 1. The van der Waals surface area contributed by atoms with Gasteiger partial charge in [0.2, 0.25) is 5.91 Å². The molecule has 1 saturated heterocycles. The van der Waals surface area contributed by atoms with E-state index in [-0.39, 0.29) is 17.7 Å². The fourth-order valence-corrected chi connectivity index (χ4v) is 4.16. The standard InChI is InChI=1S/C16H14N4O2S2/c21-12(10-19-6-8-24-16(19)22)17-14-13(11-4-2-1-3-5-11)18-15-20(14)7-9-23-15/h1-5,7,9H,6,8,10H2,(H,17,21). The molecule has 0 radical (unpaired) electrons. The summed E-state index contributed by atoms with van der Waals surface area (Å²) in [5.41, 5.74) is 1.68. The minimum Gasteiger partial charge on any atom is -0.323 e. The number of nitrogens with zero attached hydrogens (tertiary/aromatic N) is 3. The van der Waals surface area contributed by atoms with Gasteiger partial charge < -0.3 is 10.2 Å². The van der Waals surface area contributed by atoms with E-state index in [0.717, 1.165) is 22.0 Å². The zero-order valence-electron chi connectivity index (χ0n) is 12.6. The summed E-state index contributed by atoms with van der Waals surface area (Å²) < 4.78 is 1.87. The average Bonchev–Trinajstić information content (AvgIpc) is 3.27. The van der Waals surface area contributed by atoms with Crippen LogP contribution in [0.2, 0.25) is 0 Å². The highest BCUT2D eigenvalue weighted by Gasteiger charge is 2.24. The van der Waals surface area contributed by atoms with Crippen molar-refractivity contribution >= 4 is 45.0 Å². The predicted octanol–water partition coefficient (Wildman–Crippen LogP) is 3.17. The van der Waals surface area contributed by atoms with Crippen molar-refractivity contribution in [3.05, 3.63) is 41.9 Å². The molecule has 6 nitrogen and oxygen atoms in total. The second-order valence-corrected chi connectivity index (χ2v) is 7.23. The molecular formula is C16H14N4O2S2. The van der Waals surface area contributed by atoms with Crippen molar-refractivity contribution in [2.24, 2.45) is 0 Å². The minimum absolute atomic E-state index is 0.0394. The molecule has 0 saturated carbocycles.